The SMILES string of the molecule is CC(C)(C)CCN(CCn1cnc2cc(/C=C/C(=O)NO)ccc21)CC(F)(F)F.CCCCN(CCn1cnc2cc(/C=C/C(=O)NO)ccc21)CC(F)(F)F.CCCc1nc2cc(/C=C/C(=O)NO)ccc2n1CCN(C)CCC(C)(C)C.CCc1nc2cc(/C=C/C(=O)NO)ccc2n1CCNCCC(C)(C)C. The summed E-state index contributed by atoms with van der Waals surface area (Å²) in [6.45, 7) is 31.9. The Bertz CT molecular complexity index is 4320. The van der Waals surface area contributed by atoms with Crippen molar-refractivity contribution in [3.63, 3.8) is 0 Å². The van der Waals surface area contributed by atoms with E-state index in [0.29, 0.717) is 54.5 Å². The van der Waals surface area contributed by atoms with E-state index in [4.69, 9.17) is 30.8 Å². The van der Waals surface area contributed by atoms with Gasteiger partial charge in [0.15, 0.2) is 0 Å². The molecule has 0 aliphatic rings. The van der Waals surface area contributed by atoms with Crippen molar-refractivity contribution in [2.24, 2.45) is 16.2 Å². The summed E-state index contributed by atoms with van der Waals surface area (Å²) in [6, 6.07) is 22.6. The highest BCUT2D eigenvalue weighted by atomic mass is 19.4. The number of imidazole rings is 4. The van der Waals surface area contributed by atoms with Crippen LogP contribution in [-0.4, -0.2) is 182 Å². The lowest BCUT2D eigenvalue weighted by Gasteiger charge is -2.27. The molecule has 4 aromatic heterocycles. The summed E-state index contributed by atoms with van der Waals surface area (Å²) in [5, 5.41) is 37.6. The zero-order chi connectivity index (χ0) is 81.4. The van der Waals surface area contributed by atoms with Gasteiger partial charge in [0.2, 0.25) is 0 Å². The van der Waals surface area contributed by atoms with Gasteiger partial charge >= 0.3 is 12.4 Å². The van der Waals surface area contributed by atoms with Crippen molar-refractivity contribution in [3.05, 3.63) is 144 Å². The van der Waals surface area contributed by atoms with E-state index in [-0.39, 0.29) is 18.5 Å². The molecule has 24 nitrogen and oxygen atoms in total. The first-order valence-corrected chi connectivity index (χ1v) is 37.2. The number of carbonyl (C=O) groups excluding carboxylic acids is 4. The van der Waals surface area contributed by atoms with Crippen LogP contribution < -0.4 is 27.2 Å². The number of rotatable bonds is 34. The van der Waals surface area contributed by atoms with Crippen molar-refractivity contribution < 1.29 is 66.3 Å². The highest BCUT2D eigenvalue weighted by molar-refractivity contribution is 5.94. The van der Waals surface area contributed by atoms with E-state index < -0.39 is 49.1 Å². The summed E-state index contributed by atoms with van der Waals surface area (Å²) in [7, 11) is 2.18. The smallest absolute Gasteiger partial charge is 0.329 e. The molecule has 0 spiro atoms. The largest absolute Gasteiger partial charge is 0.401 e. The average Bonchev–Trinajstić information content (AvgIpc) is 1.68. The van der Waals surface area contributed by atoms with E-state index in [1.54, 1.807) is 66.1 Å². The molecule has 8 aromatic rings. The van der Waals surface area contributed by atoms with Gasteiger partial charge in [-0.1, -0.05) is 114 Å². The molecule has 4 aromatic carbocycles. The van der Waals surface area contributed by atoms with Crippen molar-refractivity contribution in [1.29, 1.82) is 0 Å². The molecule has 0 saturated carbocycles. The van der Waals surface area contributed by atoms with Gasteiger partial charge < -0.3 is 28.5 Å². The van der Waals surface area contributed by atoms with E-state index in [1.165, 1.54) is 63.6 Å². The Morgan fingerprint density at radius 1 is 0.445 bits per heavy atom. The predicted molar refractivity (Wildman–Crippen MR) is 421 cm³/mol. The minimum atomic E-state index is -4.24. The van der Waals surface area contributed by atoms with E-state index in [1.807, 2.05) is 73.2 Å². The molecular formula is C80H114F6N16O8. The Hall–Kier alpha value is -9.14. The monoisotopic (exact) mass is 1540 g/mol. The minimum Gasteiger partial charge on any atom is -0.329 e. The zero-order valence-electron chi connectivity index (χ0n) is 65.9. The number of aryl methyl sites for hydroxylation is 2. The number of benzene rings is 4. The van der Waals surface area contributed by atoms with Gasteiger partial charge in [0.05, 0.1) is 69.9 Å². The average molecular weight is 1540 g/mol. The maximum Gasteiger partial charge on any atom is 0.401 e. The standard InChI is InChI=1S/C22H34N4O2.C20H27F3N4O2.C20H30N4O2.C18H23F3N4O2/c1-6-7-20-23-18-16-17(9-11-21(27)24-28)8-10-19(18)26(20)15-14-25(5)13-12-22(2,3)4;1-19(2,3)8-9-26(13-20(21,22)23)10-11-27-14-24-16-12-15(4-6-17(16)27)5-7-18(28)25-29;1-5-18-22-16-14-15(7-9-19(25)23-26)6-8-17(16)24(18)13-12-21-11-10-20(2,3)4;1-2-3-8-24(12-18(19,20)21)9-10-25-13-22-15-11-14(4-6-16(15)25)5-7-17(26)23-27/h8-11,16,28H,6-7,12-15H2,1-5H3,(H,24,27);4-7,12,14,29H,8-11,13H2,1-3H3,(H,25,28);6-9,14,21,26H,5,10-13H2,1-4H3,(H,23,25);4-7,11,13,27H,2-3,8-10,12H2,1H3,(H,23,26)/b11-9+;7-5+;9-7+;7-5+. The molecule has 0 unspecified atom stereocenters. The normalized spacial score (nSPS) is 12.5. The fraction of sp³-hybridized carbons (Fsp3) is 0.500. The Labute approximate surface area is 641 Å². The fourth-order valence-electron chi connectivity index (χ4n) is 11.5. The summed E-state index contributed by atoms with van der Waals surface area (Å²) in [5.41, 5.74) is 17.1. The topological polar surface area (TPSA) is 290 Å². The van der Waals surface area contributed by atoms with Gasteiger partial charge in [-0.25, -0.2) is 41.9 Å². The summed E-state index contributed by atoms with van der Waals surface area (Å²) >= 11 is 0. The van der Waals surface area contributed by atoms with Crippen LogP contribution >= 0.6 is 0 Å². The number of alkyl halides is 6. The van der Waals surface area contributed by atoms with Crippen molar-refractivity contribution in [2.75, 3.05) is 72.5 Å². The van der Waals surface area contributed by atoms with Crippen molar-refractivity contribution in [2.45, 2.75) is 173 Å². The summed E-state index contributed by atoms with van der Waals surface area (Å²) in [6.07, 6.45) is 13.5. The van der Waals surface area contributed by atoms with Gasteiger partial charge in [0, 0.05) is 89.5 Å². The number of amides is 4. The highest BCUT2D eigenvalue weighted by Crippen LogP contribution is 2.27. The number of carbonyl (C=O) groups is 4. The van der Waals surface area contributed by atoms with Crippen LogP contribution in [0.1, 0.15) is 156 Å². The molecule has 0 radical (unpaired) electrons. The molecule has 0 bridgehead atoms. The molecule has 8 rings (SSSR count). The molecule has 4 heterocycles. The Morgan fingerprint density at radius 2 is 0.827 bits per heavy atom. The molecule has 0 fully saturated rings. The van der Waals surface area contributed by atoms with Crippen LogP contribution in [0.2, 0.25) is 0 Å². The van der Waals surface area contributed by atoms with Crippen LogP contribution in [0.4, 0.5) is 26.3 Å². The summed E-state index contributed by atoms with van der Waals surface area (Å²) in [5.74, 6) is -0.210. The number of aromatic nitrogens is 8. The summed E-state index contributed by atoms with van der Waals surface area (Å²) in [4.78, 5) is 67.8. The lowest BCUT2D eigenvalue weighted by Crippen LogP contribution is -2.38. The van der Waals surface area contributed by atoms with Crippen molar-refractivity contribution in [1.82, 2.24) is 80.1 Å². The number of unbranched alkanes of at least 4 members (excludes halogenated alkanes) is 1. The first-order chi connectivity index (χ1) is 51.9. The predicted octanol–water partition coefficient (Wildman–Crippen LogP) is 14.1. The van der Waals surface area contributed by atoms with Gasteiger partial charge in [0.1, 0.15) is 11.6 Å². The number of nitrogens with zero attached hydrogens (tertiary/aromatic N) is 11. The van der Waals surface area contributed by atoms with Crippen LogP contribution in [0.25, 0.3) is 68.4 Å². The molecule has 604 valence electrons. The number of fused-ring (bicyclic) bond motifs is 4. The molecular weight excluding hydrogens is 1430 g/mol. The minimum absolute atomic E-state index is 0.0393. The van der Waals surface area contributed by atoms with Crippen LogP contribution in [-0.2, 0) is 58.2 Å². The molecule has 0 aliphatic carbocycles. The molecule has 0 saturated heterocycles. The van der Waals surface area contributed by atoms with Gasteiger partial charge in [-0.2, -0.15) is 26.3 Å². The first kappa shape index (κ1) is 91.5. The van der Waals surface area contributed by atoms with Crippen LogP contribution in [0.15, 0.2) is 110 Å². The Kier molecular flexibility index (Phi) is 36.6. The number of hydroxylamine groups is 4. The second-order valence-electron chi connectivity index (χ2n) is 30.7. The Balaban J connectivity index is 0.000000263. The zero-order valence-corrected chi connectivity index (χ0v) is 65.9. The number of hydrogen-bond donors (Lipinski definition) is 9. The lowest BCUT2D eigenvalue weighted by atomic mass is 9.92. The van der Waals surface area contributed by atoms with Crippen LogP contribution in [0.3, 0.4) is 0 Å². The number of nitrogens with one attached hydrogen (secondary N) is 5. The second-order valence-corrected chi connectivity index (χ2v) is 30.7. The maximum absolute atomic E-state index is 12.9. The van der Waals surface area contributed by atoms with E-state index in [2.05, 4.69) is 97.8 Å². The molecule has 9 N–H and O–H groups in total. The van der Waals surface area contributed by atoms with Crippen LogP contribution in [0.5, 0.6) is 0 Å². The third-order valence-corrected chi connectivity index (χ3v) is 17.6. The molecule has 110 heavy (non-hydrogen) atoms. The summed E-state index contributed by atoms with van der Waals surface area (Å²) < 4.78 is 85.2. The molecule has 4 amide bonds. The van der Waals surface area contributed by atoms with Crippen LogP contribution in [0, 0.1) is 16.2 Å². The third kappa shape index (κ3) is 33.6. The van der Waals surface area contributed by atoms with Gasteiger partial charge in [-0.15, -0.1) is 0 Å². The number of halogens is 6. The fourth-order valence-corrected chi connectivity index (χ4v) is 11.5. The lowest BCUT2D eigenvalue weighted by molar-refractivity contribution is -0.147. The van der Waals surface area contributed by atoms with Crippen molar-refractivity contribution in [3.8, 4) is 0 Å². The maximum atomic E-state index is 12.9. The third-order valence-electron chi connectivity index (χ3n) is 17.6. The number of likely N-dealkylation sites (N-methyl/N-ethyl adjacent to an activating group) is 1. The van der Waals surface area contributed by atoms with E-state index in [9.17, 15) is 45.5 Å². The molecule has 0 atom stereocenters. The van der Waals surface area contributed by atoms with Gasteiger partial charge in [0.25, 0.3) is 23.6 Å². The van der Waals surface area contributed by atoms with E-state index >= 15 is 0 Å². The molecule has 30 heteroatoms. The number of hydrogen-bond acceptors (Lipinski definition) is 16. The van der Waals surface area contributed by atoms with E-state index in [0.717, 1.165) is 145 Å². The van der Waals surface area contributed by atoms with Gasteiger partial charge in [-0.05, 0) is 177 Å². The van der Waals surface area contributed by atoms with Gasteiger partial charge in [-0.3, -0.25) is 49.8 Å². The Morgan fingerprint density at radius 3 is 1.21 bits per heavy atom. The quantitative estimate of drug-likeness (QED) is 0.00596. The van der Waals surface area contributed by atoms with Crippen molar-refractivity contribution >= 4 is 92.1 Å². The highest BCUT2D eigenvalue weighted by Gasteiger charge is 2.32. The first-order valence-electron chi connectivity index (χ1n) is 37.2. The second kappa shape index (κ2) is 44.0. The molecule has 0 aliphatic heterocycles.